The van der Waals surface area contributed by atoms with Crippen molar-refractivity contribution < 1.29 is 24.2 Å². The Morgan fingerprint density at radius 2 is 1.77 bits per heavy atom. The molecule has 0 spiro atoms. The summed E-state index contributed by atoms with van der Waals surface area (Å²) in [5, 5.41) is 12.2. The second kappa shape index (κ2) is 12.2. The van der Waals surface area contributed by atoms with Crippen molar-refractivity contribution in [3.05, 3.63) is 36.4 Å². The van der Waals surface area contributed by atoms with Gasteiger partial charge in [0.1, 0.15) is 6.04 Å². The Kier molecular flexibility index (Phi) is 9.32. The molecule has 1 aliphatic carbocycles. The molecule has 3 rings (SSSR count). The van der Waals surface area contributed by atoms with Crippen molar-refractivity contribution in [2.75, 3.05) is 43.1 Å². The molecule has 1 aromatic carbocycles. The van der Waals surface area contributed by atoms with Gasteiger partial charge in [0.05, 0.1) is 18.4 Å². The number of unbranched alkanes of at least 4 members (excludes halogenated alkanes) is 1. The fourth-order valence-corrected chi connectivity index (χ4v) is 5.39. The summed E-state index contributed by atoms with van der Waals surface area (Å²) >= 11 is 0. The highest BCUT2D eigenvalue weighted by Crippen LogP contribution is 2.44. The van der Waals surface area contributed by atoms with Crippen LogP contribution >= 0.6 is 0 Å². The number of nitrogens with zero attached hydrogens (tertiary/aromatic N) is 2. The van der Waals surface area contributed by atoms with Crippen LogP contribution in [0.4, 0.5) is 11.4 Å². The van der Waals surface area contributed by atoms with Gasteiger partial charge >= 0.3 is 5.97 Å². The van der Waals surface area contributed by atoms with Crippen LogP contribution in [0, 0.1) is 23.7 Å². The number of amides is 2. The summed E-state index contributed by atoms with van der Waals surface area (Å²) in [5.74, 6) is -2.69. The van der Waals surface area contributed by atoms with Crippen LogP contribution in [0.2, 0.25) is 0 Å². The molecule has 1 saturated heterocycles. The fourth-order valence-electron chi connectivity index (χ4n) is 5.39. The molecule has 2 N–H and O–H groups in total. The highest BCUT2D eigenvalue weighted by molar-refractivity contribution is 6.01. The van der Waals surface area contributed by atoms with Crippen molar-refractivity contribution in [2.45, 2.75) is 46.6 Å². The third kappa shape index (κ3) is 5.69. The van der Waals surface area contributed by atoms with Gasteiger partial charge in [0.25, 0.3) is 0 Å². The Morgan fingerprint density at radius 3 is 2.37 bits per heavy atom. The van der Waals surface area contributed by atoms with E-state index >= 15 is 0 Å². The molecule has 0 bridgehead atoms. The topological polar surface area (TPSA) is 99.2 Å². The zero-order valence-corrected chi connectivity index (χ0v) is 21.3. The first-order valence-corrected chi connectivity index (χ1v) is 12.8. The molecule has 192 valence electrons. The van der Waals surface area contributed by atoms with Crippen molar-refractivity contribution in [1.29, 1.82) is 0 Å². The molecule has 35 heavy (non-hydrogen) atoms. The largest absolute Gasteiger partial charge is 0.466 e. The third-order valence-electron chi connectivity index (χ3n) is 7.17. The third-order valence-corrected chi connectivity index (χ3v) is 7.17. The number of aliphatic hydroxyl groups excluding tert-OH is 1. The van der Waals surface area contributed by atoms with E-state index in [2.05, 4.69) is 24.1 Å². The Labute approximate surface area is 208 Å². The molecule has 5 atom stereocenters. The van der Waals surface area contributed by atoms with Gasteiger partial charge in [-0.25, -0.2) is 0 Å². The number of hydrogen-bond donors (Lipinski definition) is 2. The van der Waals surface area contributed by atoms with E-state index in [0.29, 0.717) is 25.1 Å². The lowest BCUT2D eigenvalue weighted by Crippen LogP contribution is -2.44. The standard InChI is InChI=1S/C27H39N3O5/c1-5-29(6-2)20-13-11-19(12-14-20)28-25(32)24-21-15-10-18(4)22(27(34)35-7-3)23(21)26(33)30(24)16-8-9-17-31/h10-15,18,21-24,31H,5-9,16-17H2,1-4H3,(H,28,32)/t18-,21+,22-,23+,24+/m1/s1. The summed E-state index contributed by atoms with van der Waals surface area (Å²) in [6.07, 6.45) is 4.95. The molecule has 0 radical (unpaired) electrons. The summed E-state index contributed by atoms with van der Waals surface area (Å²) in [4.78, 5) is 43.8. The zero-order chi connectivity index (χ0) is 25.5. The summed E-state index contributed by atoms with van der Waals surface area (Å²) in [6, 6.07) is 6.97. The van der Waals surface area contributed by atoms with Crippen LogP contribution < -0.4 is 10.2 Å². The van der Waals surface area contributed by atoms with Gasteiger partial charge in [-0.2, -0.15) is 0 Å². The lowest BCUT2D eigenvalue weighted by molar-refractivity contribution is -0.155. The van der Waals surface area contributed by atoms with E-state index in [-0.39, 0.29) is 30.9 Å². The monoisotopic (exact) mass is 485 g/mol. The summed E-state index contributed by atoms with van der Waals surface area (Å²) in [6.45, 7) is 10.2. The molecule has 2 aliphatic rings. The molecule has 1 fully saturated rings. The van der Waals surface area contributed by atoms with E-state index in [1.54, 1.807) is 11.8 Å². The molecular formula is C27H39N3O5. The van der Waals surface area contributed by atoms with E-state index in [0.717, 1.165) is 18.8 Å². The Morgan fingerprint density at radius 1 is 1.09 bits per heavy atom. The maximum absolute atomic E-state index is 13.6. The molecule has 8 heteroatoms. The number of allylic oxidation sites excluding steroid dienone is 1. The van der Waals surface area contributed by atoms with Gasteiger partial charge in [-0.05, 0) is 63.8 Å². The van der Waals surface area contributed by atoms with E-state index in [9.17, 15) is 19.5 Å². The quantitative estimate of drug-likeness (QED) is 0.284. The Bertz CT molecular complexity index is 912. The summed E-state index contributed by atoms with van der Waals surface area (Å²) in [7, 11) is 0. The molecule has 1 aliphatic heterocycles. The fraction of sp³-hybridized carbons (Fsp3) is 0.593. The summed E-state index contributed by atoms with van der Waals surface area (Å²) < 4.78 is 5.30. The van der Waals surface area contributed by atoms with Crippen LogP contribution in [-0.2, 0) is 19.1 Å². The van der Waals surface area contributed by atoms with E-state index < -0.39 is 29.8 Å². The number of nitrogens with one attached hydrogen (secondary N) is 1. The predicted molar refractivity (Wildman–Crippen MR) is 136 cm³/mol. The zero-order valence-electron chi connectivity index (χ0n) is 21.3. The van der Waals surface area contributed by atoms with Crippen molar-refractivity contribution in [1.82, 2.24) is 4.90 Å². The van der Waals surface area contributed by atoms with Gasteiger partial charge in [0.15, 0.2) is 0 Å². The molecule has 0 unspecified atom stereocenters. The normalized spacial score (nSPS) is 25.3. The number of anilines is 2. The van der Waals surface area contributed by atoms with E-state index in [4.69, 9.17) is 4.74 Å². The van der Waals surface area contributed by atoms with Gasteiger partial charge in [0, 0.05) is 43.5 Å². The smallest absolute Gasteiger partial charge is 0.310 e. The number of likely N-dealkylation sites (tertiary alicyclic amines) is 1. The molecule has 8 nitrogen and oxygen atoms in total. The van der Waals surface area contributed by atoms with Crippen LogP contribution in [0.3, 0.4) is 0 Å². The van der Waals surface area contributed by atoms with Crippen LogP contribution in [0.15, 0.2) is 36.4 Å². The Hall–Kier alpha value is -2.87. The van der Waals surface area contributed by atoms with Crippen molar-refractivity contribution >= 4 is 29.2 Å². The highest BCUT2D eigenvalue weighted by atomic mass is 16.5. The minimum atomic E-state index is -0.727. The Balaban J connectivity index is 1.87. The van der Waals surface area contributed by atoms with Crippen LogP contribution in [0.5, 0.6) is 0 Å². The van der Waals surface area contributed by atoms with Crippen molar-refractivity contribution in [3.8, 4) is 0 Å². The average Bonchev–Trinajstić information content (AvgIpc) is 3.12. The predicted octanol–water partition coefficient (Wildman–Crippen LogP) is 3.07. The number of aliphatic hydroxyl groups is 1. The van der Waals surface area contributed by atoms with Gasteiger partial charge in [0.2, 0.25) is 11.8 Å². The van der Waals surface area contributed by atoms with Gasteiger partial charge in [-0.1, -0.05) is 19.1 Å². The lowest BCUT2D eigenvalue weighted by Gasteiger charge is -2.32. The van der Waals surface area contributed by atoms with Crippen LogP contribution in [0.25, 0.3) is 0 Å². The van der Waals surface area contributed by atoms with Crippen molar-refractivity contribution in [3.63, 3.8) is 0 Å². The highest BCUT2D eigenvalue weighted by Gasteiger charge is 2.56. The SMILES string of the molecule is CCOC(=O)[C@H]1[C@H]2C(=O)N(CCCCO)[C@H](C(=O)Nc3ccc(N(CC)CC)cc3)[C@H]2C=C[C@H]1C. The second-order valence-corrected chi connectivity index (χ2v) is 9.24. The number of rotatable bonds is 11. The number of benzene rings is 1. The molecular weight excluding hydrogens is 446 g/mol. The first kappa shape index (κ1) is 26.7. The minimum Gasteiger partial charge on any atom is -0.466 e. The lowest BCUT2D eigenvalue weighted by atomic mass is 9.70. The van der Waals surface area contributed by atoms with Gasteiger partial charge in [-0.3, -0.25) is 14.4 Å². The van der Waals surface area contributed by atoms with E-state index in [1.165, 1.54) is 0 Å². The second-order valence-electron chi connectivity index (χ2n) is 9.24. The number of carbonyl (C=O) groups excluding carboxylic acids is 3. The number of hydrogen-bond acceptors (Lipinski definition) is 6. The molecule has 2 amide bonds. The maximum atomic E-state index is 13.6. The minimum absolute atomic E-state index is 0.0209. The number of fused-ring (bicyclic) bond motifs is 1. The number of carbonyl (C=O) groups is 3. The van der Waals surface area contributed by atoms with Gasteiger partial charge < -0.3 is 25.0 Å². The molecule has 0 saturated carbocycles. The van der Waals surface area contributed by atoms with Crippen LogP contribution in [-0.4, -0.2) is 66.7 Å². The first-order valence-electron chi connectivity index (χ1n) is 12.8. The van der Waals surface area contributed by atoms with Crippen LogP contribution in [0.1, 0.15) is 40.5 Å². The van der Waals surface area contributed by atoms with Crippen molar-refractivity contribution in [2.24, 2.45) is 23.7 Å². The molecule has 1 heterocycles. The van der Waals surface area contributed by atoms with E-state index in [1.807, 2.05) is 43.3 Å². The molecule has 1 aromatic rings. The maximum Gasteiger partial charge on any atom is 0.310 e. The molecule has 0 aromatic heterocycles. The first-order chi connectivity index (χ1) is 16.9. The number of ether oxygens (including phenoxy) is 1. The number of esters is 1. The average molecular weight is 486 g/mol. The summed E-state index contributed by atoms with van der Waals surface area (Å²) in [5.41, 5.74) is 1.74. The van der Waals surface area contributed by atoms with Gasteiger partial charge in [-0.15, -0.1) is 0 Å².